The highest BCUT2D eigenvalue weighted by molar-refractivity contribution is 9.10. The zero-order valence-electron chi connectivity index (χ0n) is 25.2. The number of nitrogens with zero attached hydrogens (tertiary/aromatic N) is 4. The molecule has 0 unspecified atom stereocenters. The number of hydrogen-bond donors (Lipinski definition) is 0. The van der Waals surface area contributed by atoms with Crippen LogP contribution in [0.3, 0.4) is 0 Å². The molecule has 0 aliphatic heterocycles. The zero-order chi connectivity index (χ0) is 31.8. The Morgan fingerprint density at radius 2 is 1.35 bits per heavy atom. The maximum atomic E-state index is 13.1. The van der Waals surface area contributed by atoms with Crippen LogP contribution in [-0.2, 0) is 6.54 Å². The highest BCUT2D eigenvalue weighted by atomic mass is 79.9. The number of halogens is 2. The van der Waals surface area contributed by atoms with Gasteiger partial charge in [0, 0.05) is 12.1 Å². The number of hydrogen-bond acceptors (Lipinski definition) is 9. The van der Waals surface area contributed by atoms with Gasteiger partial charge >= 0.3 is 0 Å². The van der Waals surface area contributed by atoms with E-state index in [1.54, 1.807) is 4.57 Å². The lowest BCUT2D eigenvalue weighted by atomic mass is 10.1. The van der Waals surface area contributed by atoms with Crippen molar-refractivity contribution in [2.75, 3.05) is 19.1 Å². The van der Waals surface area contributed by atoms with Gasteiger partial charge in [-0.25, -0.2) is 0 Å². The second kappa shape index (κ2) is 13.6. The van der Waals surface area contributed by atoms with E-state index in [4.69, 9.17) is 13.6 Å². The van der Waals surface area contributed by atoms with E-state index in [1.165, 1.54) is 49.2 Å². The summed E-state index contributed by atoms with van der Waals surface area (Å²) >= 11 is 9.94. The molecule has 0 saturated heterocycles. The Morgan fingerprint density at radius 1 is 0.783 bits per heavy atom. The molecule has 8 nitrogen and oxygen atoms in total. The normalized spacial score (nSPS) is 14.4. The molecule has 0 atom stereocenters. The third kappa shape index (κ3) is 6.54. The summed E-state index contributed by atoms with van der Waals surface area (Å²) in [6, 6.07) is 19.9. The molecule has 0 N–H and O–H groups in total. The summed E-state index contributed by atoms with van der Waals surface area (Å²) in [4.78, 5) is 26.7. The molecule has 2 aromatic carbocycles. The van der Waals surface area contributed by atoms with Gasteiger partial charge in [-0.1, -0.05) is 84.2 Å². The van der Waals surface area contributed by atoms with Crippen LogP contribution in [0.2, 0.25) is 0 Å². The van der Waals surface area contributed by atoms with E-state index in [0.29, 0.717) is 55.6 Å². The van der Waals surface area contributed by atoms with E-state index < -0.39 is 0 Å². The minimum atomic E-state index is -0.0143. The molecule has 2 aliphatic rings. The first-order valence-electron chi connectivity index (χ1n) is 15.0. The fraction of sp³-hybridized carbons (Fsp3) is 0.294. The molecule has 2 saturated carbocycles. The van der Waals surface area contributed by atoms with E-state index in [1.807, 2.05) is 73.2 Å². The van der Waals surface area contributed by atoms with E-state index in [-0.39, 0.29) is 5.56 Å². The summed E-state index contributed by atoms with van der Waals surface area (Å²) in [5.41, 5.74) is 4.67. The van der Waals surface area contributed by atoms with Crippen LogP contribution in [0.5, 0.6) is 5.88 Å². The Labute approximate surface area is 291 Å². The number of furan rings is 2. The number of rotatable bonds is 9. The van der Waals surface area contributed by atoms with Crippen molar-refractivity contribution in [1.82, 2.24) is 19.5 Å². The van der Waals surface area contributed by atoms with Gasteiger partial charge in [0.2, 0.25) is 17.3 Å². The second-order valence-corrected chi connectivity index (χ2v) is 14.3. The van der Waals surface area contributed by atoms with Crippen molar-refractivity contribution in [2.24, 2.45) is 11.8 Å². The maximum absolute atomic E-state index is 13.1. The number of ether oxygens (including phenoxy) is 1. The van der Waals surface area contributed by atoms with Crippen LogP contribution in [0.15, 0.2) is 93.9 Å². The molecule has 8 rings (SSSR count). The smallest absolute Gasteiger partial charge is 0.266 e. The number of aromatic nitrogens is 4. The second-order valence-electron chi connectivity index (χ2n) is 11.3. The molecule has 0 bridgehead atoms. The van der Waals surface area contributed by atoms with Gasteiger partial charge in [0.05, 0.1) is 12.2 Å². The van der Waals surface area contributed by atoms with Crippen molar-refractivity contribution in [2.45, 2.75) is 42.5 Å². The van der Waals surface area contributed by atoms with Gasteiger partial charge in [-0.2, -0.15) is 15.0 Å². The standard InChI is InChI=1S/2C17H15BrN2O2S/c1-23-17-19-15(21-9-10-7-8-10)13-12(11-5-3-2-4-6-11)14(18)22-16(13)20-17;1-23-17-19-15-13(16(21)20(17)9-10-7-8-10)12(14(18)22-15)11-5-3-2-4-6-11/h2*2-6,10H,7-9H2,1H3. The summed E-state index contributed by atoms with van der Waals surface area (Å²) < 4.78 is 20.6. The highest BCUT2D eigenvalue weighted by Gasteiger charge is 2.28. The van der Waals surface area contributed by atoms with E-state index in [0.717, 1.165) is 39.3 Å². The van der Waals surface area contributed by atoms with Gasteiger partial charge < -0.3 is 13.6 Å². The lowest BCUT2D eigenvalue weighted by Gasteiger charge is -2.09. The molecule has 0 spiro atoms. The molecule has 0 radical (unpaired) electrons. The van der Waals surface area contributed by atoms with E-state index >= 15 is 0 Å². The Morgan fingerprint density at radius 3 is 1.89 bits per heavy atom. The lowest BCUT2D eigenvalue weighted by molar-refractivity contribution is 0.289. The Kier molecular flexibility index (Phi) is 9.31. The number of benzene rings is 2. The molecule has 4 aromatic heterocycles. The fourth-order valence-electron chi connectivity index (χ4n) is 5.24. The van der Waals surface area contributed by atoms with Crippen molar-refractivity contribution >= 4 is 77.6 Å². The largest absolute Gasteiger partial charge is 0.477 e. The van der Waals surface area contributed by atoms with Crippen LogP contribution in [0, 0.1) is 11.8 Å². The first kappa shape index (κ1) is 31.5. The summed E-state index contributed by atoms with van der Waals surface area (Å²) in [7, 11) is 0. The van der Waals surface area contributed by atoms with E-state index in [2.05, 4.69) is 46.8 Å². The third-order valence-electron chi connectivity index (χ3n) is 7.97. The number of thioether (sulfide) groups is 2. The van der Waals surface area contributed by atoms with Crippen LogP contribution in [0.25, 0.3) is 44.5 Å². The van der Waals surface area contributed by atoms with Crippen molar-refractivity contribution in [3.05, 3.63) is 80.4 Å². The average Bonchev–Trinajstić information content (AvgIpc) is 4.01. The minimum absolute atomic E-state index is 0.0143. The topological polar surface area (TPSA) is 96.2 Å². The Balaban J connectivity index is 0.000000147. The Bertz CT molecular complexity index is 2070. The van der Waals surface area contributed by atoms with Crippen molar-refractivity contribution in [1.29, 1.82) is 0 Å². The summed E-state index contributed by atoms with van der Waals surface area (Å²) in [6.45, 7) is 1.45. The van der Waals surface area contributed by atoms with Gasteiger partial charge in [0.1, 0.15) is 10.8 Å². The van der Waals surface area contributed by atoms with Crippen molar-refractivity contribution in [3.8, 4) is 28.1 Å². The van der Waals surface area contributed by atoms with Gasteiger partial charge in [0.15, 0.2) is 19.7 Å². The summed E-state index contributed by atoms with van der Waals surface area (Å²) in [5, 5.41) is 2.77. The molecule has 46 heavy (non-hydrogen) atoms. The molecular formula is C34H30Br2N4O4S2. The summed E-state index contributed by atoms with van der Waals surface area (Å²) in [6.07, 6.45) is 8.75. The molecule has 236 valence electrons. The number of fused-ring (bicyclic) bond motifs is 2. The van der Waals surface area contributed by atoms with Crippen molar-refractivity contribution in [3.63, 3.8) is 0 Å². The molecule has 4 heterocycles. The maximum Gasteiger partial charge on any atom is 0.266 e. The fourth-order valence-corrected chi connectivity index (χ4v) is 7.30. The first-order chi connectivity index (χ1) is 22.4. The van der Waals surface area contributed by atoms with Gasteiger partial charge in [0.25, 0.3) is 5.56 Å². The van der Waals surface area contributed by atoms with Crippen molar-refractivity contribution < 1.29 is 13.6 Å². The SMILES string of the molecule is CSc1nc(OCC2CC2)c2c(-c3ccccc3)c(Br)oc2n1.CSc1nc2oc(Br)c(-c3ccccc3)c2c(=O)n1CC1CC1. The van der Waals surface area contributed by atoms with Crippen LogP contribution < -0.4 is 10.3 Å². The predicted molar refractivity (Wildman–Crippen MR) is 191 cm³/mol. The van der Waals surface area contributed by atoms with Gasteiger partial charge in [-0.15, -0.1) is 0 Å². The average molecular weight is 783 g/mol. The Hall–Kier alpha value is -3.06. The molecule has 2 fully saturated rings. The molecule has 12 heteroatoms. The quantitative estimate of drug-likeness (QED) is 0.105. The lowest BCUT2D eigenvalue weighted by Crippen LogP contribution is -2.24. The predicted octanol–water partition coefficient (Wildman–Crippen LogP) is 9.71. The van der Waals surface area contributed by atoms with Crippen LogP contribution in [0.1, 0.15) is 25.7 Å². The third-order valence-corrected chi connectivity index (χ3v) is 10.3. The van der Waals surface area contributed by atoms with Crippen LogP contribution >= 0.6 is 55.4 Å². The highest BCUT2D eigenvalue weighted by Crippen LogP contribution is 2.43. The molecule has 2 aliphatic carbocycles. The van der Waals surface area contributed by atoms with Gasteiger partial charge in [-0.3, -0.25) is 9.36 Å². The zero-order valence-corrected chi connectivity index (χ0v) is 30.0. The first-order valence-corrected chi connectivity index (χ1v) is 19.0. The van der Waals surface area contributed by atoms with Gasteiger partial charge in [-0.05, 0) is 93.0 Å². The minimum Gasteiger partial charge on any atom is -0.477 e. The summed E-state index contributed by atoms with van der Waals surface area (Å²) in [5.74, 6) is 1.88. The molecular weight excluding hydrogens is 752 g/mol. The van der Waals surface area contributed by atoms with Crippen LogP contribution in [0.4, 0.5) is 0 Å². The van der Waals surface area contributed by atoms with Crippen LogP contribution in [-0.4, -0.2) is 38.6 Å². The molecule has 0 amide bonds. The van der Waals surface area contributed by atoms with E-state index in [9.17, 15) is 4.79 Å². The molecule has 6 aromatic rings. The monoisotopic (exact) mass is 780 g/mol.